The first-order valence-corrected chi connectivity index (χ1v) is 8.61. The minimum Gasteiger partial charge on any atom is -0.369 e. The number of nitrogens with zero attached hydrogens (tertiary/aromatic N) is 2. The van der Waals surface area contributed by atoms with Gasteiger partial charge in [-0.3, -0.25) is 14.8 Å². The van der Waals surface area contributed by atoms with Gasteiger partial charge in [-0.2, -0.15) is 0 Å². The molecule has 3 aliphatic rings. The highest BCUT2D eigenvalue weighted by Crippen LogP contribution is 2.44. The highest BCUT2D eigenvalue weighted by Gasteiger charge is 2.36. The molecule has 124 valence electrons. The van der Waals surface area contributed by atoms with Crippen LogP contribution in [0.3, 0.4) is 0 Å². The number of rotatable bonds is 4. The summed E-state index contributed by atoms with van der Waals surface area (Å²) in [6.07, 6.45) is 8.19. The zero-order valence-electron chi connectivity index (χ0n) is 14.0. The summed E-state index contributed by atoms with van der Waals surface area (Å²) in [6.45, 7) is 0.953. The molecular formula is C20H23N3O. The van der Waals surface area contributed by atoms with Crippen molar-refractivity contribution in [1.82, 2.24) is 10.0 Å². The molecule has 4 nitrogen and oxygen atoms in total. The number of hydrazine groups is 1. The minimum absolute atomic E-state index is 0.0672. The van der Waals surface area contributed by atoms with Crippen LogP contribution in [0.15, 0.2) is 65.0 Å². The van der Waals surface area contributed by atoms with Crippen molar-refractivity contribution in [3.63, 3.8) is 0 Å². The second-order valence-electron chi connectivity index (χ2n) is 6.84. The lowest BCUT2D eigenvalue weighted by Gasteiger charge is -2.30. The number of hydrogen-bond acceptors (Lipinski definition) is 3. The Hall–Kier alpha value is -2.49. The molecule has 2 N–H and O–H groups in total. The Kier molecular flexibility index (Phi) is 3.68. The molecule has 2 aliphatic carbocycles. The van der Waals surface area contributed by atoms with Crippen molar-refractivity contribution >= 4 is 5.91 Å². The second kappa shape index (κ2) is 5.86. The van der Waals surface area contributed by atoms with Gasteiger partial charge in [0.2, 0.25) is 5.91 Å². The van der Waals surface area contributed by atoms with E-state index >= 15 is 0 Å². The number of carbonyl (C=O) groups excluding carboxylic acids is 1. The summed E-state index contributed by atoms with van der Waals surface area (Å²) in [5.74, 6) is -0.243. The fourth-order valence-corrected chi connectivity index (χ4v) is 4.10. The van der Waals surface area contributed by atoms with Gasteiger partial charge in [0.1, 0.15) is 0 Å². The molecule has 1 aromatic carbocycles. The van der Waals surface area contributed by atoms with E-state index in [0.29, 0.717) is 0 Å². The van der Waals surface area contributed by atoms with Crippen molar-refractivity contribution in [3.05, 3.63) is 70.6 Å². The molecule has 1 heterocycles. The first kappa shape index (κ1) is 15.1. The van der Waals surface area contributed by atoms with Gasteiger partial charge in [0.15, 0.2) is 0 Å². The van der Waals surface area contributed by atoms with Crippen molar-refractivity contribution in [1.29, 1.82) is 0 Å². The Bertz CT molecular complexity index is 760. The van der Waals surface area contributed by atoms with E-state index in [1.54, 1.807) is 0 Å². The maximum atomic E-state index is 11.7. The molecule has 0 fully saturated rings. The molecule has 4 heteroatoms. The van der Waals surface area contributed by atoms with E-state index in [0.717, 1.165) is 32.2 Å². The molecule has 0 bridgehead atoms. The van der Waals surface area contributed by atoms with Crippen LogP contribution in [0.1, 0.15) is 24.8 Å². The zero-order chi connectivity index (χ0) is 16.7. The lowest BCUT2D eigenvalue weighted by atomic mass is 9.89. The molecule has 1 amide bonds. The van der Waals surface area contributed by atoms with E-state index in [4.69, 9.17) is 5.73 Å². The molecule has 1 aromatic rings. The van der Waals surface area contributed by atoms with Crippen LogP contribution in [0, 0.1) is 5.92 Å². The lowest BCUT2D eigenvalue weighted by Crippen LogP contribution is -2.33. The number of hydrogen-bond donors (Lipinski definition) is 1. The van der Waals surface area contributed by atoms with E-state index in [-0.39, 0.29) is 11.8 Å². The van der Waals surface area contributed by atoms with Gasteiger partial charge in [0.25, 0.3) is 0 Å². The first-order chi connectivity index (χ1) is 11.6. The Balaban J connectivity index is 1.55. The topological polar surface area (TPSA) is 49.6 Å². The summed E-state index contributed by atoms with van der Waals surface area (Å²) in [5, 5.41) is 4.51. The molecule has 1 atom stereocenters. The average Bonchev–Trinajstić information content (AvgIpc) is 3.11. The first-order valence-electron chi connectivity index (χ1n) is 8.61. The van der Waals surface area contributed by atoms with Gasteiger partial charge < -0.3 is 5.73 Å². The van der Waals surface area contributed by atoms with Crippen molar-refractivity contribution < 1.29 is 4.79 Å². The minimum atomic E-state index is -0.176. The highest BCUT2D eigenvalue weighted by atomic mass is 16.1. The van der Waals surface area contributed by atoms with Crippen LogP contribution in [-0.4, -0.2) is 29.5 Å². The SMILES string of the molecule is CN1C=C2CC3=C(C=C2N1CCc1ccccc1)CCC3C(N)=O. The predicted molar refractivity (Wildman–Crippen MR) is 94.3 cm³/mol. The smallest absolute Gasteiger partial charge is 0.224 e. The Morgan fingerprint density at radius 2 is 2.08 bits per heavy atom. The summed E-state index contributed by atoms with van der Waals surface area (Å²) in [5.41, 5.74) is 12.1. The molecule has 0 saturated carbocycles. The van der Waals surface area contributed by atoms with Gasteiger partial charge in [-0.15, -0.1) is 0 Å². The number of benzene rings is 1. The van der Waals surface area contributed by atoms with Crippen molar-refractivity contribution in [2.75, 3.05) is 13.6 Å². The van der Waals surface area contributed by atoms with Gasteiger partial charge in [-0.25, -0.2) is 0 Å². The number of allylic oxidation sites excluding steroid dienone is 3. The number of amides is 1. The van der Waals surface area contributed by atoms with Gasteiger partial charge in [0.05, 0.1) is 11.6 Å². The monoisotopic (exact) mass is 321 g/mol. The summed E-state index contributed by atoms with van der Waals surface area (Å²) >= 11 is 0. The molecular weight excluding hydrogens is 298 g/mol. The fourth-order valence-electron chi connectivity index (χ4n) is 4.10. The van der Waals surface area contributed by atoms with Crippen LogP contribution in [0.4, 0.5) is 0 Å². The molecule has 4 rings (SSSR count). The molecule has 1 aliphatic heterocycles. The quantitative estimate of drug-likeness (QED) is 0.928. The van der Waals surface area contributed by atoms with E-state index in [9.17, 15) is 4.79 Å². The Morgan fingerprint density at radius 3 is 2.83 bits per heavy atom. The predicted octanol–water partition coefficient (Wildman–Crippen LogP) is 2.75. The summed E-state index contributed by atoms with van der Waals surface area (Å²) in [4.78, 5) is 11.7. The third-order valence-electron chi connectivity index (χ3n) is 5.36. The number of carbonyl (C=O) groups is 1. The number of nitrogens with two attached hydrogens (primary N) is 1. The molecule has 0 saturated heterocycles. The van der Waals surface area contributed by atoms with Gasteiger partial charge >= 0.3 is 0 Å². The van der Waals surface area contributed by atoms with Crippen LogP contribution in [-0.2, 0) is 11.2 Å². The molecule has 24 heavy (non-hydrogen) atoms. The van der Waals surface area contributed by atoms with Gasteiger partial charge in [-0.1, -0.05) is 35.9 Å². The second-order valence-corrected chi connectivity index (χ2v) is 6.84. The van der Waals surface area contributed by atoms with Crippen LogP contribution >= 0.6 is 0 Å². The van der Waals surface area contributed by atoms with Crippen molar-refractivity contribution in [2.45, 2.75) is 25.7 Å². The lowest BCUT2D eigenvalue weighted by molar-refractivity contribution is -0.120. The van der Waals surface area contributed by atoms with Crippen molar-refractivity contribution in [2.24, 2.45) is 11.7 Å². The fraction of sp³-hybridized carbons (Fsp3) is 0.350. The van der Waals surface area contributed by atoms with Crippen LogP contribution < -0.4 is 5.73 Å². The van der Waals surface area contributed by atoms with E-state index in [2.05, 4.69) is 59.7 Å². The Labute approximate surface area is 142 Å². The standard InChI is InChI=1S/C20H23N3O/c1-22-13-16-11-18-15(7-8-17(18)20(21)24)12-19(16)23(22)10-9-14-5-3-2-4-6-14/h2-6,12-13,17H,7-11H2,1H3,(H2,21,24). The van der Waals surface area contributed by atoms with Crippen LogP contribution in [0.2, 0.25) is 0 Å². The number of fused-ring (bicyclic) bond motifs is 1. The maximum Gasteiger partial charge on any atom is 0.224 e. The third kappa shape index (κ3) is 2.52. The summed E-state index contributed by atoms with van der Waals surface area (Å²) in [7, 11) is 2.09. The maximum absolute atomic E-state index is 11.7. The zero-order valence-corrected chi connectivity index (χ0v) is 14.0. The van der Waals surface area contributed by atoms with Crippen molar-refractivity contribution in [3.8, 4) is 0 Å². The third-order valence-corrected chi connectivity index (χ3v) is 5.36. The van der Waals surface area contributed by atoms with E-state index in [1.807, 2.05) is 0 Å². The van der Waals surface area contributed by atoms with Gasteiger partial charge in [0, 0.05) is 19.8 Å². The molecule has 0 spiro atoms. The normalized spacial score (nSPS) is 22.3. The van der Waals surface area contributed by atoms with Gasteiger partial charge in [-0.05, 0) is 48.5 Å². The van der Waals surface area contributed by atoms with Crippen LogP contribution in [0.25, 0.3) is 0 Å². The van der Waals surface area contributed by atoms with E-state index < -0.39 is 0 Å². The van der Waals surface area contributed by atoms with E-state index in [1.165, 1.54) is 28.0 Å². The summed E-state index contributed by atoms with van der Waals surface area (Å²) < 4.78 is 0. The molecule has 0 aromatic heterocycles. The molecule has 1 unspecified atom stereocenters. The highest BCUT2D eigenvalue weighted by molar-refractivity contribution is 5.81. The average molecular weight is 321 g/mol. The van der Waals surface area contributed by atoms with Crippen LogP contribution in [0.5, 0.6) is 0 Å². The number of primary amides is 1. The largest absolute Gasteiger partial charge is 0.369 e. The Morgan fingerprint density at radius 1 is 1.29 bits per heavy atom. The summed E-state index contributed by atoms with van der Waals surface area (Å²) in [6, 6.07) is 10.6. The molecule has 0 radical (unpaired) electrons.